The minimum absolute atomic E-state index is 0.0989. The van der Waals surface area contributed by atoms with Crippen molar-refractivity contribution < 1.29 is 9.53 Å². The monoisotopic (exact) mass is 212 g/mol. The highest BCUT2D eigenvalue weighted by Crippen LogP contribution is 2.28. The van der Waals surface area contributed by atoms with Crippen molar-refractivity contribution in [2.45, 2.75) is 44.6 Å². The van der Waals surface area contributed by atoms with Crippen LogP contribution < -0.4 is 5.43 Å². The molecule has 1 aliphatic heterocycles. The highest BCUT2D eigenvalue weighted by molar-refractivity contribution is 5.67. The number of hydrazine groups is 1. The molecular weight excluding hydrogens is 192 g/mol. The van der Waals surface area contributed by atoms with Gasteiger partial charge in [-0.15, -0.1) is 0 Å². The molecule has 1 unspecified atom stereocenters. The molecule has 86 valence electrons. The van der Waals surface area contributed by atoms with Crippen LogP contribution in [-0.4, -0.2) is 30.8 Å². The molecule has 0 bridgehead atoms. The lowest BCUT2D eigenvalue weighted by molar-refractivity contribution is -0.0172. The Bertz CT molecular complexity index is 225. The van der Waals surface area contributed by atoms with Gasteiger partial charge in [-0.3, -0.25) is 5.43 Å². The lowest BCUT2D eigenvalue weighted by atomic mass is 9.93. The van der Waals surface area contributed by atoms with Crippen LogP contribution in [0.3, 0.4) is 0 Å². The van der Waals surface area contributed by atoms with Crippen LogP contribution in [0, 0.1) is 5.92 Å². The van der Waals surface area contributed by atoms with E-state index in [-0.39, 0.29) is 12.2 Å². The zero-order valence-electron chi connectivity index (χ0n) is 9.37. The number of ether oxygens (including phenoxy) is 1. The molecule has 0 spiro atoms. The van der Waals surface area contributed by atoms with Crippen LogP contribution in [-0.2, 0) is 4.74 Å². The average molecular weight is 212 g/mol. The van der Waals surface area contributed by atoms with Crippen LogP contribution >= 0.6 is 0 Å². The third-order valence-corrected chi connectivity index (χ3v) is 3.42. The fourth-order valence-electron chi connectivity index (χ4n) is 2.60. The molecule has 4 heteroatoms. The van der Waals surface area contributed by atoms with E-state index in [2.05, 4.69) is 5.43 Å². The Morgan fingerprint density at radius 3 is 2.53 bits per heavy atom. The Morgan fingerprint density at radius 2 is 1.93 bits per heavy atom. The Morgan fingerprint density at radius 1 is 1.27 bits per heavy atom. The van der Waals surface area contributed by atoms with Gasteiger partial charge in [-0.05, 0) is 18.8 Å². The molecule has 1 saturated carbocycles. The van der Waals surface area contributed by atoms with E-state index in [0.717, 1.165) is 6.54 Å². The molecular formula is C11H20N2O2. The Hall–Kier alpha value is -0.770. The van der Waals surface area contributed by atoms with Gasteiger partial charge in [0.15, 0.2) is 0 Å². The summed E-state index contributed by atoms with van der Waals surface area (Å²) < 4.78 is 5.36. The molecule has 0 radical (unpaired) electrons. The van der Waals surface area contributed by atoms with Crippen molar-refractivity contribution in [1.29, 1.82) is 0 Å². The Labute approximate surface area is 90.9 Å². The van der Waals surface area contributed by atoms with Crippen molar-refractivity contribution >= 4 is 6.09 Å². The maximum Gasteiger partial charge on any atom is 0.422 e. The number of amides is 1. The van der Waals surface area contributed by atoms with Gasteiger partial charge in [0.2, 0.25) is 0 Å². The fourth-order valence-corrected chi connectivity index (χ4v) is 2.60. The van der Waals surface area contributed by atoms with E-state index in [1.54, 1.807) is 0 Å². The smallest absolute Gasteiger partial charge is 0.422 e. The van der Waals surface area contributed by atoms with E-state index in [0.29, 0.717) is 5.92 Å². The van der Waals surface area contributed by atoms with Crippen molar-refractivity contribution in [3.05, 3.63) is 0 Å². The summed E-state index contributed by atoms with van der Waals surface area (Å²) in [5.41, 5.74) is 2.64. The predicted octanol–water partition coefficient (Wildman–Crippen LogP) is 1.91. The SMILES string of the molecule is CN1CC(C2CCCCCC2)OC(=O)N1. The van der Waals surface area contributed by atoms with Crippen LogP contribution in [0.1, 0.15) is 38.5 Å². The first kappa shape index (κ1) is 10.7. The summed E-state index contributed by atoms with van der Waals surface area (Å²) in [6, 6.07) is 0. The van der Waals surface area contributed by atoms with Gasteiger partial charge in [0.1, 0.15) is 6.10 Å². The average Bonchev–Trinajstić information content (AvgIpc) is 2.43. The Kier molecular flexibility index (Phi) is 3.46. The summed E-state index contributed by atoms with van der Waals surface area (Å²) in [5, 5.41) is 1.83. The van der Waals surface area contributed by atoms with Gasteiger partial charge in [0.05, 0.1) is 6.54 Å². The third kappa shape index (κ3) is 2.84. The standard InChI is InChI=1S/C11H20N2O2/c1-13-8-10(15-11(14)12-13)9-6-4-2-3-5-7-9/h9-10H,2-8H2,1H3,(H,12,14). The van der Waals surface area contributed by atoms with Crippen molar-refractivity contribution in [2.24, 2.45) is 5.92 Å². The summed E-state index contributed by atoms with van der Waals surface area (Å²) >= 11 is 0. The third-order valence-electron chi connectivity index (χ3n) is 3.42. The lowest BCUT2D eigenvalue weighted by Crippen LogP contribution is -2.53. The summed E-state index contributed by atoms with van der Waals surface area (Å²) in [5.74, 6) is 0.570. The second kappa shape index (κ2) is 4.84. The van der Waals surface area contributed by atoms with Crippen LogP contribution in [0.4, 0.5) is 4.79 Å². The van der Waals surface area contributed by atoms with Crippen molar-refractivity contribution in [2.75, 3.05) is 13.6 Å². The number of nitrogens with zero attached hydrogens (tertiary/aromatic N) is 1. The van der Waals surface area contributed by atoms with Gasteiger partial charge < -0.3 is 4.74 Å². The number of carbonyl (C=O) groups excluding carboxylic acids is 1. The molecule has 2 rings (SSSR count). The Balaban J connectivity index is 1.92. The second-order valence-electron chi connectivity index (χ2n) is 4.69. The molecule has 0 aromatic rings. The normalized spacial score (nSPS) is 30.5. The van der Waals surface area contributed by atoms with Gasteiger partial charge in [0.25, 0.3) is 0 Å². The quantitative estimate of drug-likeness (QED) is 0.675. The molecule has 2 fully saturated rings. The summed E-state index contributed by atoms with van der Waals surface area (Å²) in [4.78, 5) is 11.2. The molecule has 2 aliphatic rings. The number of rotatable bonds is 1. The molecule has 1 amide bonds. The van der Waals surface area contributed by atoms with Crippen LogP contribution in [0.25, 0.3) is 0 Å². The zero-order chi connectivity index (χ0) is 10.7. The van der Waals surface area contributed by atoms with Crippen LogP contribution in [0.5, 0.6) is 0 Å². The number of carbonyl (C=O) groups is 1. The molecule has 0 aromatic carbocycles. The molecule has 4 nitrogen and oxygen atoms in total. The summed E-state index contributed by atoms with van der Waals surface area (Å²) in [7, 11) is 1.89. The minimum Gasteiger partial charge on any atom is -0.444 e. The second-order valence-corrected chi connectivity index (χ2v) is 4.69. The van der Waals surface area contributed by atoms with Gasteiger partial charge >= 0.3 is 6.09 Å². The number of hydrogen-bond acceptors (Lipinski definition) is 3. The van der Waals surface area contributed by atoms with E-state index in [9.17, 15) is 4.79 Å². The van der Waals surface area contributed by atoms with Crippen LogP contribution in [0.15, 0.2) is 0 Å². The van der Waals surface area contributed by atoms with E-state index in [4.69, 9.17) is 4.74 Å². The highest BCUT2D eigenvalue weighted by atomic mass is 16.6. The number of likely N-dealkylation sites (N-methyl/N-ethyl adjacent to an activating group) is 1. The first-order valence-electron chi connectivity index (χ1n) is 5.94. The maximum absolute atomic E-state index is 11.2. The molecule has 1 saturated heterocycles. The van der Waals surface area contributed by atoms with Gasteiger partial charge in [-0.1, -0.05) is 25.7 Å². The van der Waals surface area contributed by atoms with E-state index < -0.39 is 0 Å². The molecule has 1 atom stereocenters. The zero-order valence-corrected chi connectivity index (χ0v) is 9.37. The first-order valence-corrected chi connectivity index (χ1v) is 5.94. The van der Waals surface area contributed by atoms with E-state index >= 15 is 0 Å². The van der Waals surface area contributed by atoms with E-state index in [1.807, 2.05) is 12.1 Å². The van der Waals surface area contributed by atoms with Gasteiger partial charge in [-0.25, -0.2) is 9.80 Å². The van der Waals surface area contributed by atoms with E-state index in [1.165, 1.54) is 38.5 Å². The minimum atomic E-state index is -0.294. The summed E-state index contributed by atoms with van der Waals surface area (Å²) in [6.07, 6.45) is 7.49. The van der Waals surface area contributed by atoms with Crippen LogP contribution in [0.2, 0.25) is 0 Å². The molecule has 1 aliphatic carbocycles. The topological polar surface area (TPSA) is 41.6 Å². The largest absolute Gasteiger partial charge is 0.444 e. The number of cyclic esters (lactones) is 1. The number of hydrogen-bond donors (Lipinski definition) is 1. The fraction of sp³-hybridized carbons (Fsp3) is 0.909. The van der Waals surface area contributed by atoms with Crippen molar-refractivity contribution in [1.82, 2.24) is 10.4 Å². The first-order chi connectivity index (χ1) is 7.25. The molecule has 1 heterocycles. The molecule has 0 aromatic heterocycles. The maximum atomic E-state index is 11.2. The molecule has 15 heavy (non-hydrogen) atoms. The lowest BCUT2D eigenvalue weighted by Gasteiger charge is -2.34. The van der Waals surface area contributed by atoms with Crippen molar-refractivity contribution in [3.63, 3.8) is 0 Å². The summed E-state index contributed by atoms with van der Waals surface area (Å²) in [6.45, 7) is 0.816. The predicted molar refractivity (Wildman–Crippen MR) is 57.2 cm³/mol. The number of nitrogens with one attached hydrogen (secondary N) is 1. The van der Waals surface area contributed by atoms with Gasteiger partial charge in [0, 0.05) is 7.05 Å². The highest BCUT2D eigenvalue weighted by Gasteiger charge is 2.30. The van der Waals surface area contributed by atoms with Crippen molar-refractivity contribution in [3.8, 4) is 0 Å². The molecule has 1 N–H and O–H groups in total. The van der Waals surface area contributed by atoms with Gasteiger partial charge in [-0.2, -0.15) is 0 Å².